The summed E-state index contributed by atoms with van der Waals surface area (Å²) in [4.78, 5) is 2.39. The monoisotopic (exact) mass is 339 g/mol. The van der Waals surface area contributed by atoms with Crippen molar-refractivity contribution < 1.29 is 5.11 Å². The number of aromatic nitrogens is 5. The number of benzene rings is 1. The van der Waals surface area contributed by atoms with Gasteiger partial charge in [0, 0.05) is 31.9 Å². The number of hydrogen-bond acceptors (Lipinski definition) is 7. The maximum atomic E-state index is 9.24. The zero-order valence-corrected chi connectivity index (χ0v) is 13.9. The quantitative estimate of drug-likeness (QED) is 0.725. The van der Waals surface area contributed by atoms with E-state index in [1.54, 1.807) is 0 Å². The van der Waals surface area contributed by atoms with Crippen LogP contribution in [0.2, 0.25) is 0 Å². The molecule has 2 aromatic heterocycles. The van der Waals surface area contributed by atoms with E-state index in [0.717, 1.165) is 31.7 Å². The van der Waals surface area contributed by atoms with Crippen molar-refractivity contribution in [3.8, 4) is 0 Å². The van der Waals surface area contributed by atoms with Crippen molar-refractivity contribution in [1.82, 2.24) is 25.3 Å². The Kier molecular flexibility index (Phi) is 4.43. The van der Waals surface area contributed by atoms with Crippen molar-refractivity contribution >= 4 is 17.2 Å². The molecule has 130 valence electrons. The molecule has 0 aliphatic carbocycles. The Hall–Kier alpha value is -2.74. The van der Waals surface area contributed by atoms with Crippen LogP contribution in [0.3, 0.4) is 0 Å². The lowest BCUT2D eigenvalue weighted by atomic mass is 9.97. The van der Waals surface area contributed by atoms with E-state index in [4.69, 9.17) is 0 Å². The van der Waals surface area contributed by atoms with E-state index in [1.807, 2.05) is 12.1 Å². The molecule has 0 spiro atoms. The highest BCUT2D eigenvalue weighted by molar-refractivity contribution is 5.49. The van der Waals surface area contributed by atoms with Crippen LogP contribution in [0.15, 0.2) is 36.4 Å². The third-order valence-corrected chi connectivity index (χ3v) is 4.72. The lowest BCUT2D eigenvalue weighted by molar-refractivity contribution is 0.203. The minimum Gasteiger partial charge on any atom is -0.396 e. The Morgan fingerprint density at radius 1 is 1.08 bits per heavy atom. The summed E-state index contributed by atoms with van der Waals surface area (Å²) >= 11 is 0. The molecular weight excluding hydrogens is 318 g/mol. The van der Waals surface area contributed by atoms with Crippen molar-refractivity contribution in [3.63, 3.8) is 0 Å². The first-order valence-corrected chi connectivity index (χ1v) is 8.56. The van der Waals surface area contributed by atoms with Gasteiger partial charge in [0.05, 0.1) is 0 Å². The molecule has 1 aliphatic rings. The number of fused-ring (bicyclic) bond motifs is 1. The van der Waals surface area contributed by atoms with E-state index in [1.165, 1.54) is 15.9 Å². The Morgan fingerprint density at radius 3 is 2.64 bits per heavy atom. The molecule has 8 heteroatoms. The van der Waals surface area contributed by atoms with Gasteiger partial charge in [0.1, 0.15) is 5.82 Å². The molecule has 8 nitrogen and oxygen atoms in total. The molecule has 3 aromatic rings. The van der Waals surface area contributed by atoms with Gasteiger partial charge in [-0.2, -0.15) is 0 Å². The zero-order valence-electron chi connectivity index (χ0n) is 13.9. The van der Waals surface area contributed by atoms with Gasteiger partial charge in [-0.3, -0.25) is 0 Å². The highest BCUT2D eigenvalue weighted by atomic mass is 16.3. The first-order chi connectivity index (χ1) is 12.3. The topological polar surface area (TPSA) is 91.5 Å². The van der Waals surface area contributed by atoms with Crippen LogP contribution in [0, 0.1) is 5.92 Å². The number of piperidine rings is 1. The summed E-state index contributed by atoms with van der Waals surface area (Å²) in [5, 5.41) is 28.0. The maximum Gasteiger partial charge on any atom is 0.200 e. The average Bonchev–Trinajstić information content (AvgIpc) is 3.15. The molecule has 0 amide bonds. The lowest BCUT2D eigenvalue weighted by Crippen LogP contribution is -2.34. The fourth-order valence-electron chi connectivity index (χ4n) is 3.13. The second-order valence-corrected chi connectivity index (χ2v) is 6.38. The number of tetrazole rings is 1. The molecule has 25 heavy (non-hydrogen) atoms. The van der Waals surface area contributed by atoms with Gasteiger partial charge < -0.3 is 15.3 Å². The molecule has 1 fully saturated rings. The van der Waals surface area contributed by atoms with Crippen LogP contribution in [0.1, 0.15) is 18.4 Å². The van der Waals surface area contributed by atoms with Crippen molar-refractivity contribution in [3.05, 3.63) is 42.0 Å². The average molecular weight is 339 g/mol. The molecule has 1 aromatic carbocycles. The molecule has 1 saturated heterocycles. The number of nitrogens with one attached hydrogen (secondary N) is 1. The summed E-state index contributed by atoms with van der Waals surface area (Å²) in [6.45, 7) is 3.02. The van der Waals surface area contributed by atoms with Gasteiger partial charge in [-0.1, -0.05) is 12.1 Å². The van der Waals surface area contributed by atoms with Crippen molar-refractivity contribution in [2.45, 2.75) is 19.4 Å². The number of aliphatic hydroxyl groups excluding tert-OH is 1. The summed E-state index contributed by atoms with van der Waals surface area (Å²) in [5.74, 6) is 1.19. The normalized spacial score (nSPS) is 15.6. The minimum atomic E-state index is 0.308. The minimum absolute atomic E-state index is 0.308. The van der Waals surface area contributed by atoms with Crippen molar-refractivity contribution in [2.24, 2.45) is 5.92 Å². The van der Waals surface area contributed by atoms with Crippen molar-refractivity contribution in [2.75, 3.05) is 29.9 Å². The first kappa shape index (κ1) is 15.8. The number of nitrogens with zero attached hydrogens (tertiary/aromatic N) is 6. The molecule has 0 radical (unpaired) electrons. The predicted molar refractivity (Wildman–Crippen MR) is 94.4 cm³/mol. The third-order valence-electron chi connectivity index (χ3n) is 4.72. The van der Waals surface area contributed by atoms with Gasteiger partial charge in [0.25, 0.3) is 0 Å². The second kappa shape index (κ2) is 7.02. The van der Waals surface area contributed by atoms with Crippen LogP contribution in [0.4, 0.5) is 11.5 Å². The predicted octanol–water partition coefficient (Wildman–Crippen LogP) is 1.34. The van der Waals surface area contributed by atoms with E-state index < -0.39 is 0 Å². The van der Waals surface area contributed by atoms with Crippen molar-refractivity contribution in [1.29, 1.82) is 0 Å². The molecule has 0 atom stereocenters. The summed E-state index contributed by atoms with van der Waals surface area (Å²) in [6, 6.07) is 12.3. The van der Waals surface area contributed by atoms with Crippen LogP contribution < -0.4 is 10.2 Å². The highest BCUT2D eigenvalue weighted by Crippen LogP contribution is 2.23. The SMILES string of the molecule is OCC1CCN(c2ccc(CNc3ccc4nnnn4n3)cc2)CC1. The van der Waals surface area contributed by atoms with Gasteiger partial charge in [-0.15, -0.1) is 14.8 Å². The number of rotatable bonds is 5. The summed E-state index contributed by atoms with van der Waals surface area (Å²) in [7, 11) is 0. The second-order valence-electron chi connectivity index (χ2n) is 6.38. The van der Waals surface area contributed by atoms with Gasteiger partial charge in [-0.25, -0.2) is 0 Å². The Morgan fingerprint density at radius 2 is 1.88 bits per heavy atom. The number of hydrogen-bond donors (Lipinski definition) is 2. The van der Waals surface area contributed by atoms with Crippen LogP contribution >= 0.6 is 0 Å². The molecule has 1 aliphatic heterocycles. The Labute approximate surface area is 145 Å². The van der Waals surface area contributed by atoms with E-state index in [9.17, 15) is 5.11 Å². The lowest BCUT2D eigenvalue weighted by Gasteiger charge is -2.33. The summed E-state index contributed by atoms with van der Waals surface area (Å²) in [6.07, 6.45) is 2.12. The largest absolute Gasteiger partial charge is 0.396 e. The fourth-order valence-corrected chi connectivity index (χ4v) is 3.13. The fraction of sp³-hybridized carbons (Fsp3) is 0.412. The molecule has 0 bridgehead atoms. The van der Waals surface area contributed by atoms with Crippen LogP contribution in [0.25, 0.3) is 5.65 Å². The summed E-state index contributed by atoms with van der Waals surface area (Å²) < 4.78 is 1.40. The van der Waals surface area contributed by atoms with E-state index in [-0.39, 0.29) is 0 Å². The Bertz CT molecular complexity index is 824. The number of aliphatic hydroxyl groups is 1. The molecule has 0 unspecified atom stereocenters. The van der Waals surface area contributed by atoms with Crippen LogP contribution in [-0.2, 0) is 6.54 Å². The molecule has 0 saturated carbocycles. The zero-order chi connectivity index (χ0) is 17.1. The molecule has 3 heterocycles. The van der Waals surface area contributed by atoms with Gasteiger partial charge >= 0.3 is 0 Å². The maximum absolute atomic E-state index is 9.24. The van der Waals surface area contributed by atoms with E-state index in [2.05, 4.69) is 55.1 Å². The molecular formula is C17H21N7O. The highest BCUT2D eigenvalue weighted by Gasteiger charge is 2.18. The van der Waals surface area contributed by atoms with Gasteiger partial charge in [0.15, 0.2) is 5.65 Å². The van der Waals surface area contributed by atoms with E-state index >= 15 is 0 Å². The first-order valence-electron chi connectivity index (χ1n) is 8.56. The third kappa shape index (κ3) is 3.53. The van der Waals surface area contributed by atoms with Gasteiger partial charge in [-0.05, 0) is 59.0 Å². The van der Waals surface area contributed by atoms with Crippen LogP contribution in [-0.4, -0.2) is 50.1 Å². The summed E-state index contributed by atoms with van der Waals surface area (Å²) in [5.41, 5.74) is 3.06. The van der Waals surface area contributed by atoms with E-state index in [0.29, 0.717) is 24.7 Å². The standard InChI is InChI=1S/C17H21N7O/c25-12-14-7-9-23(10-8-14)15-3-1-13(2-4-15)11-18-16-5-6-17-19-21-22-24(17)20-16/h1-6,14,25H,7-12H2,(H,18,20). The van der Waals surface area contributed by atoms with Crippen LogP contribution in [0.5, 0.6) is 0 Å². The molecule has 4 rings (SSSR count). The van der Waals surface area contributed by atoms with Gasteiger partial charge in [0.2, 0.25) is 0 Å². The number of anilines is 2. The molecule has 2 N–H and O–H groups in total. The Balaban J connectivity index is 1.35. The smallest absolute Gasteiger partial charge is 0.200 e.